The van der Waals surface area contributed by atoms with Gasteiger partial charge in [0.05, 0.1) is 10.6 Å². The van der Waals surface area contributed by atoms with Crippen molar-refractivity contribution >= 4 is 23.3 Å². The molecule has 1 aliphatic heterocycles. The van der Waals surface area contributed by atoms with Crippen molar-refractivity contribution in [1.29, 1.82) is 0 Å². The van der Waals surface area contributed by atoms with Gasteiger partial charge in [-0.15, -0.1) is 0 Å². The second-order valence-corrected chi connectivity index (χ2v) is 5.99. The van der Waals surface area contributed by atoms with Crippen LogP contribution in [0.3, 0.4) is 0 Å². The van der Waals surface area contributed by atoms with Crippen molar-refractivity contribution in [2.75, 3.05) is 38.5 Å². The first-order chi connectivity index (χ1) is 10.0. The van der Waals surface area contributed by atoms with Gasteiger partial charge >= 0.3 is 0 Å². The molecule has 0 saturated carbocycles. The van der Waals surface area contributed by atoms with Crippen molar-refractivity contribution in [3.8, 4) is 0 Å². The predicted molar refractivity (Wildman–Crippen MR) is 86.0 cm³/mol. The number of halogens is 1. The summed E-state index contributed by atoms with van der Waals surface area (Å²) in [4.78, 5) is 21.1. The van der Waals surface area contributed by atoms with E-state index in [-0.39, 0.29) is 11.9 Å². The number of pyridine rings is 1. The summed E-state index contributed by atoms with van der Waals surface area (Å²) in [5.74, 6) is 0.689. The lowest BCUT2D eigenvalue weighted by Crippen LogP contribution is -2.52. The number of piperazine rings is 1. The largest absolute Gasteiger partial charge is 0.370 e. The van der Waals surface area contributed by atoms with Crippen LogP contribution in [0.15, 0.2) is 12.3 Å². The Bertz CT molecular complexity index is 508. The number of hydrogen-bond donors (Lipinski definition) is 1. The molecular weight excluding hydrogens is 288 g/mol. The third-order valence-corrected chi connectivity index (χ3v) is 4.03. The Labute approximate surface area is 131 Å². The van der Waals surface area contributed by atoms with Gasteiger partial charge in [-0.3, -0.25) is 4.79 Å². The zero-order chi connectivity index (χ0) is 15.4. The molecule has 116 valence electrons. The normalized spacial score (nSPS) is 19.6. The summed E-state index contributed by atoms with van der Waals surface area (Å²) >= 11 is 6.17. The maximum Gasteiger partial charge on any atom is 0.255 e. The molecule has 0 aromatic carbocycles. The first-order valence-corrected chi connectivity index (χ1v) is 7.79. The number of rotatable bonds is 4. The molecule has 2 rings (SSSR count). The molecule has 0 radical (unpaired) electrons. The van der Waals surface area contributed by atoms with Crippen LogP contribution in [0.4, 0.5) is 5.82 Å². The number of nitrogens with one attached hydrogen (secondary N) is 1. The highest BCUT2D eigenvalue weighted by atomic mass is 35.5. The standard InChI is InChI=1S/C15H23ClN4O/c1-4-5-17-14-8-12(13(16)9-18-14)15(21)20-7-6-19(3)10-11(20)2/h8-9,11H,4-7,10H2,1-3H3,(H,17,18). The number of carbonyl (C=O) groups is 1. The fourth-order valence-electron chi connectivity index (χ4n) is 2.55. The zero-order valence-corrected chi connectivity index (χ0v) is 13.7. The lowest BCUT2D eigenvalue weighted by atomic mass is 10.1. The van der Waals surface area contributed by atoms with Crippen molar-refractivity contribution in [1.82, 2.24) is 14.8 Å². The summed E-state index contributed by atoms with van der Waals surface area (Å²) in [6.07, 6.45) is 2.55. The Balaban J connectivity index is 2.17. The number of carbonyl (C=O) groups excluding carboxylic acids is 1. The van der Waals surface area contributed by atoms with Crippen LogP contribution in [0, 0.1) is 0 Å². The van der Waals surface area contributed by atoms with Gasteiger partial charge in [0, 0.05) is 38.4 Å². The van der Waals surface area contributed by atoms with E-state index in [1.807, 2.05) is 4.90 Å². The number of nitrogens with zero attached hydrogens (tertiary/aromatic N) is 3. The van der Waals surface area contributed by atoms with Gasteiger partial charge in [0.25, 0.3) is 5.91 Å². The second-order valence-electron chi connectivity index (χ2n) is 5.59. The van der Waals surface area contributed by atoms with E-state index in [0.29, 0.717) is 16.4 Å². The van der Waals surface area contributed by atoms with E-state index < -0.39 is 0 Å². The van der Waals surface area contributed by atoms with Gasteiger partial charge in [-0.25, -0.2) is 4.98 Å². The van der Waals surface area contributed by atoms with Crippen LogP contribution in [-0.4, -0.2) is 60.0 Å². The Morgan fingerprint density at radius 1 is 1.52 bits per heavy atom. The third kappa shape index (κ3) is 3.86. The van der Waals surface area contributed by atoms with E-state index in [2.05, 4.69) is 36.1 Å². The minimum atomic E-state index is -0.0115. The molecule has 1 N–H and O–H groups in total. The Morgan fingerprint density at radius 3 is 2.95 bits per heavy atom. The van der Waals surface area contributed by atoms with E-state index in [4.69, 9.17) is 11.6 Å². The quantitative estimate of drug-likeness (QED) is 0.927. The molecule has 1 aliphatic rings. The summed E-state index contributed by atoms with van der Waals surface area (Å²) in [6, 6.07) is 1.94. The summed E-state index contributed by atoms with van der Waals surface area (Å²) in [7, 11) is 2.07. The molecule has 1 saturated heterocycles. The highest BCUT2D eigenvalue weighted by Gasteiger charge is 2.28. The number of likely N-dealkylation sites (N-methyl/N-ethyl adjacent to an activating group) is 1. The first kappa shape index (κ1) is 16.0. The average Bonchev–Trinajstić information content (AvgIpc) is 2.46. The molecule has 6 heteroatoms. The minimum Gasteiger partial charge on any atom is -0.370 e. The fourth-order valence-corrected chi connectivity index (χ4v) is 2.73. The van der Waals surface area contributed by atoms with Gasteiger partial charge in [-0.05, 0) is 26.5 Å². The maximum atomic E-state index is 12.7. The van der Waals surface area contributed by atoms with Gasteiger partial charge in [0.2, 0.25) is 0 Å². The lowest BCUT2D eigenvalue weighted by molar-refractivity contribution is 0.0533. The fraction of sp³-hybridized carbons (Fsp3) is 0.600. The predicted octanol–water partition coefficient (Wildman–Crippen LogP) is 2.33. The first-order valence-electron chi connectivity index (χ1n) is 7.41. The molecule has 0 bridgehead atoms. The number of aromatic nitrogens is 1. The van der Waals surface area contributed by atoms with Crippen molar-refractivity contribution in [2.24, 2.45) is 0 Å². The van der Waals surface area contributed by atoms with E-state index >= 15 is 0 Å². The van der Waals surface area contributed by atoms with E-state index in [1.54, 1.807) is 12.3 Å². The van der Waals surface area contributed by atoms with Gasteiger partial charge in [-0.1, -0.05) is 18.5 Å². The summed E-state index contributed by atoms with van der Waals surface area (Å²) in [5.41, 5.74) is 0.529. The van der Waals surface area contributed by atoms with Crippen molar-refractivity contribution in [3.05, 3.63) is 22.8 Å². The number of anilines is 1. The van der Waals surface area contributed by atoms with Gasteiger partial charge in [0.1, 0.15) is 5.82 Å². The van der Waals surface area contributed by atoms with Gasteiger partial charge < -0.3 is 15.1 Å². The molecule has 0 spiro atoms. The molecule has 1 unspecified atom stereocenters. The van der Waals surface area contributed by atoms with Crippen molar-refractivity contribution in [2.45, 2.75) is 26.3 Å². The third-order valence-electron chi connectivity index (χ3n) is 3.73. The maximum absolute atomic E-state index is 12.7. The van der Waals surface area contributed by atoms with E-state index in [9.17, 15) is 4.79 Å². The molecular formula is C15H23ClN4O. The minimum absolute atomic E-state index is 0.0115. The Kier molecular flexibility index (Phi) is 5.42. The molecule has 1 aromatic heterocycles. The van der Waals surface area contributed by atoms with Crippen LogP contribution >= 0.6 is 11.6 Å². The van der Waals surface area contributed by atoms with Crippen molar-refractivity contribution < 1.29 is 4.79 Å². The Morgan fingerprint density at radius 2 is 2.29 bits per heavy atom. The molecule has 0 aliphatic carbocycles. The van der Waals surface area contributed by atoms with Gasteiger partial charge in [0.15, 0.2) is 0 Å². The van der Waals surface area contributed by atoms with Crippen LogP contribution in [-0.2, 0) is 0 Å². The van der Waals surface area contributed by atoms with Crippen molar-refractivity contribution in [3.63, 3.8) is 0 Å². The molecule has 2 heterocycles. The van der Waals surface area contributed by atoms with Crippen LogP contribution < -0.4 is 5.32 Å². The summed E-state index contributed by atoms with van der Waals surface area (Å²) < 4.78 is 0. The average molecular weight is 311 g/mol. The molecule has 5 nitrogen and oxygen atoms in total. The van der Waals surface area contributed by atoms with Crippen LogP contribution in [0.25, 0.3) is 0 Å². The summed E-state index contributed by atoms with van der Waals surface area (Å²) in [5, 5.41) is 3.60. The number of hydrogen-bond acceptors (Lipinski definition) is 4. The monoisotopic (exact) mass is 310 g/mol. The van der Waals surface area contributed by atoms with E-state index in [0.717, 1.165) is 32.6 Å². The lowest BCUT2D eigenvalue weighted by Gasteiger charge is -2.38. The molecule has 1 atom stereocenters. The molecule has 1 fully saturated rings. The highest BCUT2D eigenvalue weighted by molar-refractivity contribution is 6.33. The van der Waals surface area contributed by atoms with Crippen LogP contribution in [0.1, 0.15) is 30.6 Å². The topological polar surface area (TPSA) is 48.5 Å². The highest BCUT2D eigenvalue weighted by Crippen LogP contribution is 2.22. The smallest absolute Gasteiger partial charge is 0.255 e. The van der Waals surface area contributed by atoms with E-state index in [1.165, 1.54) is 0 Å². The SMILES string of the molecule is CCCNc1cc(C(=O)N2CCN(C)CC2C)c(Cl)cn1. The van der Waals surface area contributed by atoms with Crippen LogP contribution in [0.2, 0.25) is 5.02 Å². The molecule has 1 amide bonds. The number of amides is 1. The van der Waals surface area contributed by atoms with Gasteiger partial charge in [-0.2, -0.15) is 0 Å². The zero-order valence-electron chi connectivity index (χ0n) is 12.9. The molecule has 21 heavy (non-hydrogen) atoms. The second kappa shape index (κ2) is 7.09. The Hall–Kier alpha value is -1.33. The van der Waals surface area contributed by atoms with Crippen LogP contribution in [0.5, 0.6) is 0 Å². The summed E-state index contributed by atoms with van der Waals surface area (Å²) in [6.45, 7) is 7.48. The molecule has 1 aromatic rings.